The molecule has 0 spiro atoms. The standard InChI is InChI=1S/C37H35F3N8O3/c1-22-33(36(51)48(47(22)3)21-24-6-10-29(38)31(40)18-24)35(50)41-14-4-5-23-7-11-32-25(17-23)20-42-37(45-32)44-27-8-9-28(30(39)19-27)34(49)43-26-12-15-46(2)16-13-26/h6-11,17-20,26H,12-16,21H2,1-3H3,(H,41,50)(H,43,49)(H,42,44,45). The van der Waals surface area contributed by atoms with Gasteiger partial charge in [0.25, 0.3) is 17.4 Å². The Bertz CT molecular complexity index is 2270. The van der Waals surface area contributed by atoms with Gasteiger partial charge in [0.2, 0.25) is 5.95 Å². The molecule has 1 fully saturated rings. The highest BCUT2D eigenvalue weighted by molar-refractivity contribution is 5.95. The van der Waals surface area contributed by atoms with Crippen LogP contribution < -0.4 is 21.5 Å². The summed E-state index contributed by atoms with van der Waals surface area (Å²) in [4.78, 5) is 49.7. The predicted molar refractivity (Wildman–Crippen MR) is 186 cm³/mol. The number of nitrogens with zero attached hydrogens (tertiary/aromatic N) is 5. The van der Waals surface area contributed by atoms with Gasteiger partial charge in [0.1, 0.15) is 11.4 Å². The Morgan fingerprint density at radius 3 is 2.47 bits per heavy atom. The number of halogens is 3. The van der Waals surface area contributed by atoms with E-state index in [1.165, 1.54) is 27.6 Å². The maximum Gasteiger partial charge on any atom is 0.280 e. The lowest BCUT2D eigenvalue weighted by molar-refractivity contribution is 0.0911. The van der Waals surface area contributed by atoms with E-state index in [9.17, 15) is 27.6 Å². The maximum atomic E-state index is 14.9. The smallest absolute Gasteiger partial charge is 0.280 e. The van der Waals surface area contributed by atoms with Gasteiger partial charge in [-0.25, -0.2) is 27.8 Å². The summed E-state index contributed by atoms with van der Waals surface area (Å²) in [7, 11) is 3.64. The van der Waals surface area contributed by atoms with E-state index in [-0.39, 0.29) is 36.2 Å². The van der Waals surface area contributed by atoms with Crippen molar-refractivity contribution in [3.05, 3.63) is 117 Å². The van der Waals surface area contributed by atoms with Crippen LogP contribution in [0.25, 0.3) is 10.9 Å². The van der Waals surface area contributed by atoms with E-state index in [0.717, 1.165) is 38.1 Å². The third kappa shape index (κ3) is 7.94. The first-order valence-corrected chi connectivity index (χ1v) is 16.3. The minimum atomic E-state index is -1.02. The van der Waals surface area contributed by atoms with Gasteiger partial charge >= 0.3 is 0 Å². The first kappa shape index (κ1) is 34.9. The third-order valence-corrected chi connectivity index (χ3v) is 8.87. The first-order valence-electron chi connectivity index (χ1n) is 16.3. The zero-order valence-corrected chi connectivity index (χ0v) is 28.2. The van der Waals surface area contributed by atoms with Crippen LogP contribution in [0.15, 0.2) is 65.6 Å². The van der Waals surface area contributed by atoms with E-state index < -0.39 is 34.8 Å². The van der Waals surface area contributed by atoms with E-state index in [4.69, 9.17) is 0 Å². The van der Waals surface area contributed by atoms with Gasteiger partial charge in [-0.3, -0.25) is 19.1 Å². The monoisotopic (exact) mass is 696 g/mol. The van der Waals surface area contributed by atoms with Crippen molar-refractivity contribution >= 4 is 34.4 Å². The van der Waals surface area contributed by atoms with Crippen LogP contribution in [0.1, 0.15) is 50.4 Å². The average molecular weight is 697 g/mol. The number of rotatable bonds is 8. The molecule has 0 saturated carbocycles. The van der Waals surface area contributed by atoms with Gasteiger partial charge in [0, 0.05) is 41.6 Å². The van der Waals surface area contributed by atoms with Crippen molar-refractivity contribution in [3.8, 4) is 11.8 Å². The van der Waals surface area contributed by atoms with Crippen molar-refractivity contribution in [1.29, 1.82) is 0 Å². The SMILES string of the molecule is Cc1c(C(=O)NCC#Cc2ccc3nc(Nc4ccc(C(=O)NC5CCN(C)CC5)c(F)c4)ncc3c2)c(=O)n(Cc2ccc(F)c(F)c2)n1C. The van der Waals surface area contributed by atoms with Gasteiger partial charge in [0.15, 0.2) is 11.6 Å². The molecule has 11 nitrogen and oxygen atoms in total. The van der Waals surface area contributed by atoms with Gasteiger partial charge in [0.05, 0.1) is 24.2 Å². The van der Waals surface area contributed by atoms with Crippen LogP contribution in [-0.2, 0) is 13.6 Å². The fraction of sp³-hybridized carbons (Fsp3) is 0.270. The van der Waals surface area contributed by atoms with Crippen LogP contribution in [0.2, 0.25) is 0 Å². The highest BCUT2D eigenvalue weighted by Crippen LogP contribution is 2.21. The Morgan fingerprint density at radius 2 is 1.73 bits per heavy atom. The van der Waals surface area contributed by atoms with Gasteiger partial charge in [-0.2, -0.15) is 0 Å². The Balaban J connectivity index is 1.05. The summed E-state index contributed by atoms with van der Waals surface area (Å²) in [5.74, 6) is 2.37. The van der Waals surface area contributed by atoms with Gasteiger partial charge in [-0.05, 0) is 94.0 Å². The van der Waals surface area contributed by atoms with E-state index in [1.807, 2.05) is 7.05 Å². The van der Waals surface area contributed by atoms with E-state index >= 15 is 0 Å². The second kappa shape index (κ2) is 14.9. The molecule has 2 aromatic heterocycles. The highest BCUT2D eigenvalue weighted by atomic mass is 19.2. The van der Waals surface area contributed by atoms with Gasteiger partial charge in [-0.1, -0.05) is 17.9 Å². The molecule has 2 amide bonds. The summed E-state index contributed by atoms with van der Waals surface area (Å²) in [6.45, 7) is 3.30. The first-order chi connectivity index (χ1) is 24.5. The Morgan fingerprint density at radius 1 is 0.941 bits per heavy atom. The number of likely N-dealkylation sites (tertiary alicyclic amines) is 1. The lowest BCUT2D eigenvalue weighted by Gasteiger charge is -2.29. The van der Waals surface area contributed by atoms with E-state index in [2.05, 4.69) is 42.7 Å². The summed E-state index contributed by atoms with van der Waals surface area (Å²) in [5.41, 5.74) is 1.76. The van der Waals surface area contributed by atoms with Crippen LogP contribution in [0.5, 0.6) is 0 Å². The number of nitrogens with one attached hydrogen (secondary N) is 3. The normalized spacial score (nSPS) is 13.5. The number of carbonyl (C=O) groups excluding carboxylic acids is 2. The predicted octanol–water partition coefficient (Wildman–Crippen LogP) is 4.25. The number of anilines is 2. The second-order valence-electron chi connectivity index (χ2n) is 12.4. The molecule has 3 aromatic carbocycles. The number of hydrogen-bond donors (Lipinski definition) is 3. The number of carbonyl (C=O) groups is 2. The minimum Gasteiger partial charge on any atom is -0.349 e. The van der Waals surface area contributed by atoms with Crippen LogP contribution in [-0.4, -0.2) is 68.8 Å². The van der Waals surface area contributed by atoms with Crippen LogP contribution in [0.3, 0.4) is 0 Å². The summed E-state index contributed by atoms with van der Waals surface area (Å²) in [5, 5.41) is 9.24. The minimum absolute atomic E-state index is 0.0204. The number of benzene rings is 3. The zero-order valence-electron chi connectivity index (χ0n) is 28.2. The van der Waals surface area contributed by atoms with Crippen molar-refractivity contribution < 1.29 is 22.8 Å². The quantitative estimate of drug-likeness (QED) is 0.207. The Kier molecular flexibility index (Phi) is 10.2. The third-order valence-electron chi connectivity index (χ3n) is 8.87. The molecule has 5 aromatic rings. The van der Waals surface area contributed by atoms with E-state index in [0.29, 0.717) is 33.4 Å². The number of amides is 2. The fourth-order valence-electron chi connectivity index (χ4n) is 5.87. The highest BCUT2D eigenvalue weighted by Gasteiger charge is 2.22. The molecule has 6 rings (SSSR count). The molecule has 1 aliphatic rings. The van der Waals surface area contributed by atoms with Gasteiger partial charge < -0.3 is 20.9 Å². The molecule has 0 atom stereocenters. The van der Waals surface area contributed by atoms with Crippen molar-refractivity contribution in [3.63, 3.8) is 0 Å². The molecule has 51 heavy (non-hydrogen) atoms. The number of fused-ring (bicyclic) bond motifs is 1. The molecule has 0 aliphatic carbocycles. The lowest BCUT2D eigenvalue weighted by atomic mass is 10.0. The van der Waals surface area contributed by atoms with Crippen molar-refractivity contribution in [2.45, 2.75) is 32.4 Å². The van der Waals surface area contributed by atoms with Crippen LogP contribution in [0, 0.1) is 36.2 Å². The van der Waals surface area contributed by atoms with Crippen LogP contribution in [0.4, 0.5) is 24.8 Å². The summed E-state index contributed by atoms with van der Waals surface area (Å²) < 4.78 is 44.7. The second-order valence-corrected chi connectivity index (χ2v) is 12.4. The number of hydrogen-bond acceptors (Lipinski definition) is 7. The lowest BCUT2D eigenvalue weighted by Crippen LogP contribution is -2.43. The molecule has 14 heteroatoms. The molecule has 0 bridgehead atoms. The fourth-order valence-corrected chi connectivity index (χ4v) is 5.87. The van der Waals surface area contributed by atoms with Crippen LogP contribution >= 0.6 is 0 Å². The topological polar surface area (TPSA) is 126 Å². The maximum absolute atomic E-state index is 14.9. The molecule has 3 heterocycles. The summed E-state index contributed by atoms with van der Waals surface area (Å²) in [6, 6.07) is 13.0. The molecular weight excluding hydrogens is 661 g/mol. The van der Waals surface area contributed by atoms with E-state index in [1.54, 1.807) is 44.4 Å². The van der Waals surface area contributed by atoms with Gasteiger partial charge in [-0.15, -0.1) is 0 Å². The molecule has 0 unspecified atom stereocenters. The molecule has 3 N–H and O–H groups in total. The van der Waals surface area contributed by atoms with Crippen molar-refractivity contribution in [2.24, 2.45) is 7.05 Å². The molecule has 1 saturated heterocycles. The molecule has 0 radical (unpaired) electrons. The molecular formula is C37H35F3N8O3. The number of aromatic nitrogens is 4. The molecule has 1 aliphatic heterocycles. The summed E-state index contributed by atoms with van der Waals surface area (Å²) >= 11 is 0. The number of piperidine rings is 1. The largest absolute Gasteiger partial charge is 0.349 e. The zero-order chi connectivity index (χ0) is 36.2. The van der Waals surface area contributed by atoms with Crippen molar-refractivity contribution in [2.75, 3.05) is 32.0 Å². The molecule has 262 valence electrons. The summed E-state index contributed by atoms with van der Waals surface area (Å²) in [6.07, 6.45) is 3.24. The Labute approximate surface area is 291 Å². The Hall–Kier alpha value is -5.94. The van der Waals surface area contributed by atoms with Crippen molar-refractivity contribution in [1.82, 2.24) is 34.9 Å². The average Bonchev–Trinajstić information content (AvgIpc) is 3.31.